The Balaban J connectivity index is 1.55. The van der Waals surface area contributed by atoms with Crippen molar-refractivity contribution in [1.82, 2.24) is 10.2 Å². The second-order valence-corrected chi connectivity index (χ2v) is 5.22. The Morgan fingerprint density at radius 2 is 2.19 bits per heavy atom. The monoisotopic (exact) mass is 292 g/mol. The summed E-state index contributed by atoms with van der Waals surface area (Å²) in [6.45, 7) is 7.48. The Bertz CT molecular complexity index is 445. The summed E-state index contributed by atoms with van der Waals surface area (Å²) in [5.41, 5.74) is 1.16. The molecule has 0 aliphatic carbocycles. The highest BCUT2D eigenvalue weighted by atomic mass is 16.5. The van der Waals surface area contributed by atoms with E-state index in [9.17, 15) is 4.79 Å². The number of hydrogen-bond acceptors (Lipinski definition) is 4. The maximum Gasteiger partial charge on any atom is 0.223 e. The van der Waals surface area contributed by atoms with Gasteiger partial charge in [0.25, 0.3) is 0 Å². The smallest absolute Gasteiger partial charge is 0.223 e. The van der Waals surface area contributed by atoms with Crippen LogP contribution < -0.4 is 10.1 Å². The summed E-state index contributed by atoms with van der Waals surface area (Å²) in [4.78, 5) is 14.0. The van der Waals surface area contributed by atoms with Crippen molar-refractivity contribution < 1.29 is 14.3 Å². The minimum absolute atomic E-state index is 0.0379. The molecule has 1 amide bonds. The molecule has 0 saturated carbocycles. The van der Waals surface area contributed by atoms with Crippen LogP contribution in [0.4, 0.5) is 0 Å². The van der Waals surface area contributed by atoms with Crippen LogP contribution in [0.1, 0.15) is 12.0 Å². The molecule has 0 aromatic heterocycles. The van der Waals surface area contributed by atoms with Crippen molar-refractivity contribution in [1.29, 1.82) is 0 Å². The lowest BCUT2D eigenvalue weighted by atomic mass is 10.2. The van der Waals surface area contributed by atoms with E-state index in [4.69, 9.17) is 9.47 Å². The first-order valence-corrected chi connectivity index (χ1v) is 7.50. The molecule has 21 heavy (non-hydrogen) atoms. The molecule has 1 aliphatic heterocycles. The molecule has 0 bridgehead atoms. The molecule has 0 unspecified atom stereocenters. The van der Waals surface area contributed by atoms with Gasteiger partial charge in [0.05, 0.1) is 26.2 Å². The zero-order valence-corrected chi connectivity index (χ0v) is 12.6. The second kappa shape index (κ2) is 8.64. The summed E-state index contributed by atoms with van der Waals surface area (Å²) < 4.78 is 10.9. The molecule has 0 spiro atoms. The fourth-order valence-corrected chi connectivity index (χ4v) is 2.23. The number of carbonyl (C=O) groups is 1. The molecule has 1 N–H and O–H groups in total. The van der Waals surface area contributed by atoms with E-state index in [0.29, 0.717) is 19.6 Å². The van der Waals surface area contributed by atoms with Crippen molar-refractivity contribution in [3.8, 4) is 5.75 Å². The molecule has 5 nitrogen and oxygen atoms in total. The summed E-state index contributed by atoms with van der Waals surface area (Å²) in [5, 5.41) is 2.93. The summed E-state index contributed by atoms with van der Waals surface area (Å²) >= 11 is 0. The third kappa shape index (κ3) is 6.14. The van der Waals surface area contributed by atoms with Gasteiger partial charge in [-0.2, -0.15) is 0 Å². The van der Waals surface area contributed by atoms with E-state index < -0.39 is 0 Å². The van der Waals surface area contributed by atoms with E-state index in [-0.39, 0.29) is 5.91 Å². The van der Waals surface area contributed by atoms with Crippen LogP contribution in [-0.4, -0.2) is 56.8 Å². The molecular weight excluding hydrogens is 268 g/mol. The molecule has 1 aromatic rings. The second-order valence-electron chi connectivity index (χ2n) is 5.22. The van der Waals surface area contributed by atoms with Crippen LogP contribution in [-0.2, 0) is 9.53 Å². The minimum Gasteiger partial charge on any atom is -0.493 e. The predicted molar refractivity (Wildman–Crippen MR) is 81.6 cm³/mol. The lowest BCUT2D eigenvalue weighted by Crippen LogP contribution is -2.41. The third-order valence-electron chi connectivity index (χ3n) is 3.44. The number of morpholine rings is 1. The minimum atomic E-state index is 0.0379. The van der Waals surface area contributed by atoms with Crippen LogP contribution in [0.25, 0.3) is 0 Å². The van der Waals surface area contributed by atoms with Gasteiger partial charge < -0.3 is 14.8 Å². The van der Waals surface area contributed by atoms with Crippen molar-refractivity contribution in [3.05, 3.63) is 29.8 Å². The van der Waals surface area contributed by atoms with Crippen LogP contribution in [0.3, 0.4) is 0 Å². The SMILES string of the molecule is Cc1cccc(OCCC(=O)NCCN2CCOCC2)c1. The molecule has 116 valence electrons. The van der Waals surface area contributed by atoms with Gasteiger partial charge in [-0.05, 0) is 24.6 Å². The van der Waals surface area contributed by atoms with E-state index >= 15 is 0 Å². The van der Waals surface area contributed by atoms with E-state index in [1.807, 2.05) is 31.2 Å². The Morgan fingerprint density at radius 3 is 2.95 bits per heavy atom. The number of nitrogens with one attached hydrogen (secondary N) is 1. The van der Waals surface area contributed by atoms with Gasteiger partial charge in [0, 0.05) is 26.2 Å². The summed E-state index contributed by atoms with van der Waals surface area (Å²) in [7, 11) is 0. The van der Waals surface area contributed by atoms with Crippen molar-refractivity contribution in [3.63, 3.8) is 0 Å². The number of nitrogens with zero attached hydrogens (tertiary/aromatic N) is 1. The summed E-state index contributed by atoms with van der Waals surface area (Å²) in [5.74, 6) is 0.854. The highest BCUT2D eigenvalue weighted by Gasteiger charge is 2.10. The zero-order valence-electron chi connectivity index (χ0n) is 12.6. The first-order valence-electron chi connectivity index (χ1n) is 7.50. The van der Waals surface area contributed by atoms with Crippen molar-refractivity contribution in [2.45, 2.75) is 13.3 Å². The Kier molecular flexibility index (Phi) is 6.50. The Morgan fingerprint density at radius 1 is 1.38 bits per heavy atom. The van der Waals surface area contributed by atoms with Crippen molar-refractivity contribution >= 4 is 5.91 Å². The van der Waals surface area contributed by atoms with Crippen LogP contribution in [0.15, 0.2) is 24.3 Å². The molecule has 0 radical (unpaired) electrons. The normalized spacial score (nSPS) is 15.7. The van der Waals surface area contributed by atoms with Gasteiger partial charge in [0.1, 0.15) is 5.75 Å². The van der Waals surface area contributed by atoms with Gasteiger partial charge in [-0.1, -0.05) is 12.1 Å². The average molecular weight is 292 g/mol. The average Bonchev–Trinajstić information content (AvgIpc) is 2.48. The molecule has 2 rings (SSSR count). The number of carbonyl (C=O) groups excluding carboxylic acids is 1. The molecule has 1 aliphatic rings. The first-order chi connectivity index (χ1) is 10.2. The van der Waals surface area contributed by atoms with Crippen LogP contribution >= 0.6 is 0 Å². The number of rotatable bonds is 7. The molecule has 1 heterocycles. The maximum absolute atomic E-state index is 11.7. The van der Waals surface area contributed by atoms with E-state index in [0.717, 1.165) is 44.2 Å². The van der Waals surface area contributed by atoms with Gasteiger partial charge in [0.2, 0.25) is 5.91 Å². The highest BCUT2D eigenvalue weighted by Crippen LogP contribution is 2.12. The zero-order chi connectivity index (χ0) is 14.9. The molecule has 1 aromatic carbocycles. The lowest BCUT2D eigenvalue weighted by Gasteiger charge is -2.26. The van der Waals surface area contributed by atoms with Crippen molar-refractivity contribution in [2.75, 3.05) is 46.0 Å². The largest absolute Gasteiger partial charge is 0.493 e. The summed E-state index contributed by atoms with van der Waals surface area (Å²) in [6, 6.07) is 7.85. The van der Waals surface area contributed by atoms with Gasteiger partial charge >= 0.3 is 0 Å². The third-order valence-corrected chi connectivity index (χ3v) is 3.44. The predicted octanol–water partition coefficient (Wildman–Crippen LogP) is 1.21. The quantitative estimate of drug-likeness (QED) is 0.821. The topological polar surface area (TPSA) is 50.8 Å². The van der Waals surface area contributed by atoms with Crippen LogP contribution in [0.2, 0.25) is 0 Å². The Labute approximate surface area is 126 Å². The Hall–Kier alpha value is -1.59. The fraction of sp³-hybridized carbons (Fsp3) is 0.562. The summed E-state index contributed by atoms with van der Waals surface area (Å²) in [6.07, 6.45) is 0.386. The van der Waals surface area contributed by atoms with Crippen LogP contribution in [0.5, 0.6) is 5.75 Å². The van der Waals surface area contributed by atoms with E-state index in [1.165, 1.54) is 0 Å². The van der Waals surface area contributed by atoms with Gasteiger partial charge in [0.15, 0.2) is 0 Å². The molecule has 1 saturated heterocycles. The van der Waals surface area contributed by atoms with E-state index in [1.54, 1.807) is 0 Å². The lowest BCUT2D eigenvalue weighted by molar-refractivity contribution is -0.121. The van der Waals surface area contributed by atoms with Crippen LogP contribution in [0, 0.1) is 6.92 Å². The standard InChI is InChI=1S/C16H24N2O3/c1-14-3-2-4-15(13-14)21-10-5-16(19)17-6-7-18-8-11-20-12-9-18/h2-4,13H,5-12H2,1H3,(H,17,19). The molecule has 1 fully saturated rings. The molecular formula is C16H24N2O3. The first kappa shape index (κ1) is 15.8. The van der Waals surface area contributed by atoms with Crippen molar-refractivity contribution in [2.24, 2.45) is 0 Å². The number of benzene rings is 1. The number of ether oxygens (including phenoxy) is 2. The number of hydrogen-bond donors (Lipinski definition) is 1. The molecule has 0 atom stereocenters. The fourth-order valence-electron chi connectivity index (χ4n) is 2.23. The molecule has 5 heteroatoms. The number of aryl methyl sites for hydroxylation is 1. The van der Waals surface area contributed by atoms with Gasteiger partial charge in [-0.3, -0.25) is 9.69 Å². The van der Waals surface area contributed by atoms with Gasteiger partial charge in [-0.25, -0.2) is 0 Å². The maximum atomic E-state index is 11.7. The number of amides is 1. The highest BCUT2D eigenvalue weighted by molar-refractivity contribution is 5.75. The van der Waals surface area contributed by atoms with Gasteiger partial charge in [-0.15, -0.1) is 0 Å². The van der Waals surface area contributed by atoms with E-state index in [2.05, 4.69) is 10.2 Å².